The van der Waals surface area contributed by atoms with E-state index in [4.69, 9.17) is 21.7 Å². The molecule has 8 heteroatoms. The van der Waals surface area contributed by atoms with Crippen LogP contribution in [0, 0.1) is 0 Å². The monoisotopic (exact) mass is 512 g/mol. The number of ether oxygens (including phenoxy) is 2. The quantitative estimate of drug-likeness (QED) is 0.326. The minimum absolute atomic E-state index is 0.0627. The molecule has 1 aliphatic heterocycles. The highest BCUT2D eigenvalue weighted by Gasteiger charge is 2.32. The molecule has 0 radical (unpaired) electrons. The first-order valence-electron chi connectivity index (χ1n) is 11.5. The molecule has 35 heavy (non-hydrogen) atoms. The lowest BCUT2D eigenvalue weighted by Crippen LogP contribution is -2.45. The molecule has 0 N–H and O–H groups in total. The summed E-state index contributed by atoms with van der Waals surface area (Å²) in [6.07, 6.45) is 2.68. The Bertz CT molecular complexity index is 1110. The van der Waals surface area contributed by atoms with Gasteiger partial charge in [0.15, 0.2) is 11.5 Å². The molecular formula is C27H32N2O4S2. The van der Waals surface area contributed by atoms with Crippen LogP contribution in [0.2, 0.25) is 0 Å². The maximum Gasteiger partial charge on any atom is 0.266 e. The van der Waals surface area contributed by atoms with Gasteiger partial charge < -0.3 is 14.4 Å². The van der Waals surface area contributed by atoms with E-state index < -0.39 is 0 Å². The maximum atomic E-state index is 13.1. The van der Waals surface area contributed by atoms with Gasteiger partial charge in [-0.15, -0.1) is 0 Å². The summed E-state index contributed by atoms with van der Waals surface area (Å²) in [5.41, 5.74) is 1.60. The molecule has 0 aromatic heterocycles. The first-order valence-corrected chi connectivity index (χ1v) is 12.7. The van der Waals surface area contributed by atoms with Crippen LogP contribution in [-0.4, -0.2) is 52.2 Å². The highest BCUT2D eigenvalue weighted by molar-refractivity contribution is 8.26. The van der Waals surface area contributed by atoms with Gasteiger partial charge in [-0.05, 0) is 56.5 Å². The van der Waals surface area contributed by atoms with Gasteiger partial charge in [-0.1, -0.05) is 60.4 Å². The van der Waals surface area contributed by atoms with Crippen molar-refractivity contribution < 1.29 is 19.1 Å². The maximum absolute atomic E-state index is 13.1. The Balaban J connectivity index is 1.62. The third kappa shape index (κ3) is 6.86. The Labute approximate surface area is 217 Å². The number of carbonyl (C=O) groups excluding carboxylic acids is 2. The summed E-state index contributed by atoms with van der Waals surface area (Å²) in [4.78, 5) is 30.1. The first-order chi connectivity index (χ1) is 16.6. The molecule has 3 rings (SSSR count). The van der Waals surface area contributed by atoms with Crippen LogP contribution < -0.4 is 9.47 Å². The van der Waals surface area contributed by atoms with E-state index in [0.717, 1.165) is 11.1 Å². The summed E-state index contributed by atoms with van der Waals surface area (Å²) in [6, 6.07) is 15.4. The molecule has 2 aromatic rings. The van der Waals surface area contributed by atoms with Crippen molar-refractivity contribution in [2.75, 3.05) is 20.8 Å². The zero-order chi connectivity index (χ0) is 25.6. The SMILES string of the molecule is COc1ccc(/C=C2\SC(=S)N(CCCC(=O)N(Cc3ccccc3)C(C)(C)C)C2=O)cc1OC. The van der Waals surface area contributed by atoms with Gasteiger partial charge in [0.1, 0.15) is 4.32 Å². The van der Waals surface area contributed by atoms with Crippen molar-refractivity contribution in [2.24, 2.45) is 0 Å². The predicted molar refractivity (Wildman–Crippen MR) is 145 cm³/mol. The van der Waals surface area contributed by atoms with Crippen LogP contribution >= 0.6 is 24.0 Å². The van der Waals surface area contributed by atoms with Crippen LogP contribution in [0.25, 0.3) is 6.08 Å². The smallest absolute Gasteiger partial charge is 0.266 e. The molecule has 6 nitrogen and oxygen atoms in total. The number of amides is 2. The standard InChI is InChI=1S/C27H32N2O4S2/c1-27(2,3)29(18-19-10-7-6-8-11-19)24(30)12-9-15-28-25(31)23(35-26(28)34)17-20-13-14-21(32-4)22(16-20)33-5/h6-8,10-11,13-14,16-17H,9,12,15,18H2,1-5H3/b23-17-. The van der Waals surface area contributed by atoms with Crippen molar-refractivity contribution in [1.29, 1.82) is 0 Å². The molecule has 2 amide bonds. The van der Waals surface area contributed by atoms with Crippen LogP contribution in [0.15, 0.2) is 53.4 Å². The molecular weight excluding hydrogens is 480 g/mol. The Morgan fingerprint density at radius 2 is 1.77 bits per heavy atom. The second-order valence-corrected chi connectivity index (χ2v) is 10.9. The van der Waals surface area contributed by atoms with Crippen LogP contribution in [-0.2, 0) is 16.1 Å². The lowest BCUT2D eigenvalue weighted by Gasteiger charge is -2.36. The van der Waals surface area contributed by atoms with Crippen molar-refractivity contribution in [3.8, 4) is 11.5 Å². The summed E-state index contributed by atoms with van der Waals surface area (Å²) in [5.74, 6) is 1.14. The lowest BCUT2D eigenvalue weighted by molar-refractivity contribution is -0.137. The number of nitrogens with zero attached hydrogens (tertiary/aromatic N) is 2. The van der Waals surface area contributed by atoms with E-state index in [2.05, 4.69) is 0 Å². The van der Waals surface area contributed by atoms with Gasteiger partial charge in [0.25, 0.3) is 5.91 Å². The molecule has 0 unspecified atom stereocenters. The minimum Gasteiger partial charge on any atom is -0.493 e. The van der Waals surface area contributed by atoms with E-state index in [1.54, 1.807) is 31.3 Å². The fourth-order valence-corrected chi connectivity index (χ4v) is 5.08. The molecule has 1 aliphatic rings. The zero-order valence-corrected chi connectivity index (χ0v) is 22.5. The molecule has 1 heterocycles. The average Bonchev–Trinajstić information content (AvgIpc) is 3.09. The highest BCUT2D eigenvalue weighted by Crippen LogP contribution is 2.35. The molecule has 0 aliphatic carbocycles. The van der Waals surface area contributed by atoms with E-state index >= 15 is 0 Å². The number of thioether (sulfide) groups is 1. The summed E-state index contributed by atoms with van der Waals surface area (Å²) in [6.45, 7) is 7.07. The number of hydrogen-bond acceptors (Lipinski definition) is 6. The minimum atomic E-state index is -0.309. The molecule has 0 atom stereocenters. The third-order valence-electron chi connectivity index (χ3n) is 5.65. The van der Waals surface area contributed by atoms with Gasteiger partial charge in [-0.3, -0.25) is 14.5 Å². The lowest BCUT2D eigenvalue weighted by atomic mass is 10.0. The molecule has 1 fully saturated rings. The summed E-state index contributed by atoms with van der Waals surface area (Å²) in [5, 5.41) is 0. The third-order valence-corrected chi connectivity index (χ3v) is 7.02. The number of hydrogen-bond donors (Lipinski definition) is 0. The van der Waals surface area contributed by atoms with Crippen molar-refractivity contribution in [1.82, 2.24) is 9.80 Å². The number of rotatable bonds is 9. The van der Waals surface area contributed by atoms with Gasteiger partial charge in [0.2, 0.25) is 5.91 Å². The summed E-state index contributed by atoms with van der Waals surface area (Å²) >= 11 is 6.74. The van der Waals surface area contributed by atoms with Crippen molar-refractivity contribution in [3.63, 3.8) is 0 Å². The Morgan fingerprint density at radius 1 is 1.09 bits per heavy atom. The molecule has 0 spiro atoms. The van der Waals surface area contributed by atoms with Crippen LogP contribution in [0.1, 0.15) is 44.7 Å². The Hall–Kier alpha value is -2.84. The van der Waals surface area contributed by atoms with Gasteiger partial charge in [0.05, 0.1) is 19.1 Å². The second-order valence-electron chi connectivity index (χ2n) is 9.19. The Kier molecular flexibility index (Phi) is 8.97. The fraction of sp³-hybridized carbons (Fsp3) is 0.370. The summed E-state index contributed by atoms with van der Waals surface area (Å²) < 4.78 is 11.1. The zero-order valence-electron chi connectivity index (χ0n) is 20.9. The van der Waals surface area contributed by atoms with Crippen molar-refractivity contribution in [3.05, 3.63) is 64.6 Å². The van der Waals surface area contributed by atoms with Crippen molar-refractivity contribution in [2.45, 2.75) is 45.7 Å². The van der Waals surface area contributed by atoms with Gasteiger partial charge >= 0.3 is 0 Å². The fourth-order valence-electron chi connectivity index (χ4n) is 3.78. The summed E-state index contributed by atoms with van der Waals surface area (Å²) in [7, 11) is 3.15. The van der Waals surface area contributed by atoms with E-state index in [0.29, 0.717) is 46.7 Å². The van der Waals surface area contributed by atoms with E-state index in [1.807, 2.05) is 68.1 Å². The molecule has 0 saturated carbocycles. The molecule has 0 bridgehead atoms. The van der Waals surface area contributed by atoms with Gasteiger partial charge in [-0.2, -0.15) is 0 Å². The average molecular weight is 513 g/mol. The van der Waals surface area contributed by atoms with E-state index in [9.17, 15) is 9.59 Å². The van der Waals surface area contributed by atoms with Crippen molar-refractivity contribution >= 4 is 46.2 Å². The van der Waals surface area contributed by atoms with E-state index in [1.165, 1.54) is 11.8 Å². The molecule has 2 aromatic carbocycles. The number of carbonyl (C=O) groups is 2. The van der Waals surface area contributed by atoms with Crippen LogP contribution in [0.4, 0.5) is 0 Å². The van der Waals surface area contributed by atoms with E-state index in [-0.39, 0.29) is 17.4 Å². The van der Waals surface area contributed by atoms with Crippen LogP contribution in [0.5, 0.6) is 11.5 Å². The van der Waals surface area contributed by atoms with Crippen LogP contribution in [0.3, 0.4) is 0 Å². The number of thiocarbonyl (C=S) groups is 1. The molecule has 186 valence electrons. The topological polar surface area (TPSA) is 59.1 Å². The largest absolute Gasteiger partial charge is 0.493 e. The first kappa shape index (κ1) is 26.8. The van der Waals surface area contributed by atoms with Gasteiger partial charge in [0, 0.05) is 25.0 Å². The second kappa shape index (κ2) is 11.7. The highest BCUT2D eigenvalue weighted by atomic mass is 32.2. The number of methoxy groups -OCH3 is 2. The predicted octanol–water partition coefficient (Wildman–Crippen LogP) is 5.51. The number of benzene rings is 2. The van der Waals surface area contributed by atoms with Gasteiger partial charge in [-0.25, -0.2) is 0 Å². The Morgan fingerprint density at radius 3 is 2.40 bits per heavy atom. The normalized spacial score (nSPS) is 15.0. The molecule has 1 saturated heterocycles.